The lowest BCUT2D eigenvalue weighted by atomic mass is 10.0. The van der Waals surface area contributed by atoms with E-state index in [2.05, 4.69) is 36.1 Å². The van der Waals surface area contributed by atoms with Crippen LogP contribution in [0.25, 0.3) is 0 Å². The first kappa shape index (κ1) is 11.6. The van der Waals surface area contributed by atoms with Crippen LogP contribution in [0.3, 0.4) is 0 Å². The minimum absolute atomic E-state index is 0.772. The number of piperidine rings is 1. The maximum Gasteiger partial charge on any atom is 0.0237 e. The van der Waals surface area contributed by atoms with E-state index in [1.807, 2.05) is 12.2 Å². The number of likely N-dealkylation sites (tertiary alicyclic amines) is 2. The summed E-state index contributed by atoms with van der Waals surface area (Å²) < 4.78 is 0. The minimum atomic E-state index is 0.772. The van der Waals surface area contributed by atoms with Crippen molar-refractivity contribution in [3.8, 4) is 0 Å². The Hall–Kier alpha value is -0.860. The largest absolute Gasteiger partial charge is 0.302 e. The van der Waals surface area contributed by atoms with Crippen molar-refractivity contribution in [3.63, 3.8) is 0 Å². The van der Waals surface area contributed by atoms with E-state index in [0.717, 1.165) is 18.6 Å². The van der Waals surface area contributed by atoms with Gasteiger partial charge < -0.3 is 4.90 Å². The zero-order valence-corrected chi connectivity index (χ0v) is 10.2. The summed E-state index contributed by atoms with van der Waals surface area (Å²) in [6.07, 6.45) is 8.53. The lowest BCUT2D eigenvalue weighted by Crippen LogP contribution is -2.37. The number of allylic oxidation sites excluding steroid dienone is 2. The summed E-state index contributed by atoms with van der Waals surface area (Å²) in [4.78, 5) is 5.10. The highest BCUT2D eigenvalue weighted by Gasteiger charge is 2.37. The van der Waals surface area contributed by atoms with Crippen LogP contribution in [0.5, 0.6) is 0 Å². The molecule has 0 N–H and O–H groups in total. The Kier molecular flexibility index (Phi) is 3.62. The van der Waals surface area contributed by atoms with E-state index in [1.54, 1.807) is 0 Å². The van der Waals surface area contributed by atoms with Crippen LogP contribution in [-0.2, 0) is 0 Å². The monoisotopic (exact) mass is 218 g/mol. The lowest BCUT2D eigenvalue weighted by molar-refractivity contribution is 0.210. The van der Waals surface area contributed by atoms with Crippen molar-refractivity contribution in [2.45, 2.75) is 24.9 Å². The number of fused-ring (bicyclic) bond motifs is 2. The average molecular weight is 218 g/mol. The molecule has 0 saturated carbocycles. The third-order valence-electron chi connectivity index (χ3n) is 3.92. The Bertz CT molecular complexity index is 306. The van der Waals surface area contributed by atoms with Crippen LogP contribution in [0.2, 0.25) is 0 Å². The van der Waals surface area contributed by atoms with Crippen LogP contribution in [0.1, 0.15) is 12.8 Å². The Morgan fingerprint density at radius 2 is 2.19 bits per heavy atom. The number of likely N-dealkylation sites (N-methyl/N-ethyl adjacent to an activating group) is 1. The third kappa shape index (κ3) is 2.28. The van der Waals surface area contributed by atoms with E-state index in [0.29, 0.717) is 0 Å². The molecule has 2 rings (SSSR count). The fourth-order valence-electron chi connectivity index (χ4n) is 2.88. The molecule has 2 aliphatic heterocycles. The Labute approximate surface area is 98.9 Å². The van der Waals surface area contributed by atoms with Crippen LogP contribution >= 0.6 is 0 Å². The fourth-order valence-corrected chi connectivity index (χ4v) is 2.88. The first-order valence-electron chi connectivity index (χ1n) is 6.13. The quantitative estimate of drug-likeness (QED) is 0.666. The predicted octanol–water partition coefficient (Wildman–Crippen LogP) is 2.06. The van der Waals surface area contributed by atoms with E-state index < -0.39 is 0 Å². The van der Waals surface area contributed by atoms with Crippen LogP contribution in [0.15, 0.2) is 37.0 Å². The molecular formula is C14H22N2. The van der Waals surface area contributed by atoms with Gasteiger partial charge in [-0.05, 0) is 32.0 Å². The SMILES string of the molecule is C=C/C=C(\C=C)CN1C[C@@H]2CC1CCN2C. The standard InChI is InChI=1S/C14H22N2/c1-4-6-12(5-2)10-16-11-14-9-13(16)7-8-15(14)3/h4-6,13-14H,1-2,7-11H2,3H3/b12-6+/t13?,14-/m0/s1. The van der Waals surface area contributed by atoms with Crippen molar-refractivity contribution < 1.29 is 0 Å². The second-order valence-corrected chi connectivity index (χ2v) is 4.92. The van der Waals surface area contributed by atoms with Gasteiger partial charge in [-0.1, -0.05) is 31.4 Å². The van der Waals surface area contributed by atoms with E-state index in [1.165, 1.54) is 31.5 Å². The van der Waals surface area contributed by atoms with Crippen molar-refractivity contribution >= 4 is 0 Å². The van der Waals surface area contributed by atoms with E-state index in [9.17, 15) is 0 Å². The van der Waals surface area contributed by atoms with Crippen molar-refractivity contribution in [1.29, 1.82) is 0 Å². The number of nitrogens with zero attached hydrogens (tertiary/aromatic N) is 2. The maximum absolute atomic E-state index is 3.87. The summed E-state index contributed by atoms with van der Waals surface area (Å²) in [7, 11) is 2.25. The molecule has 0 aromatic rings. The van der Waals surface area contributed by atoms with Gasteiger partial charge in [0.2, 0.25) is 0 Å². The molecule has 16 heavy (non-hydrogen) atoms. The third-order valence-corrected chi connectivity index (χ3v) is 3.92. The Morgan fingerprint density at radius 3 is 2.81 bits per heavy atom. The molecular weight excluding hydrogens is 196 g/mol. The van der Waals surface area contributed by atoms with Crippen LogP contribution in [-0.4, -0.2) is 48.6 Å². The van der Waals surface area contributed by atoms with Gasteiger partial charge in [0.1, 0.15) is 0 Å². The predicted molar refractivity (Wildman–Crippen MR) is 69.5 cm³/mol. The van der Waals surface area contributed by atoms with Gasteiger partial charge in [-0.25, -0.2) is 0 Å². The minimum Gasteiger partial charge on any atom is -0.302 e. The molecule has 1 unspecified atom stereocenters. The van der Waals surface area contributed by atoms with E-state index in [-0.39, 0.29) is 0 Å². The summed E-state index contributed by atoms with van der Waals surface area (Å²) in [5.74, 6) is 0. The van der Waals surface area contributed by atoms with E-state index >= 15 is 0 Å². The molecule has 0 aromatic carbocycles. The molecule has 2 saturated heterocycles. The molecule has 2 bridgehead atoms. The number of hydrogen-bond donors (Lipinski definition) is 0. The van der Waals surface area contributed by atoms with Crippen molar-refractivity contribution in [1.82, 2.24) is 9.80 Å². The summed E-state index contributed by atoms with van der Waals surface area (Å²) in [5, 5.41) is 0. The zero-order chi connectivity index (χ0) is 11.5. The Balaban J connectivity index is 1.99. The summed E-state index contributed by atoms with van der Waals surface area (Å²) in [6.45, 7) is 11.1. The molecule has 2 heteroatoms. The summed E-state index contributed by atoms with van der Waals surface area (Å²) in [6, 6.07) is 1.56. The molecule has 2 atom stereocenters. The topological polar surface area (TPSA) is 6.48 Å². The van der Waals surface area contributed by atoms with Crippen LogP contribution in [0.4, 0.5) is 0 Å². The number of hydrogen-bond acceptors (Lipinski definition) is 2. The maximum atomic E-state index is 3.87. The molecule has 88 valence electrons. The summed E-state index contributed by atoms with van der Waals surface area (Å²) >= 11 is 0. The first-order chi connectivity index (χ1) is 7.74. The average Bonchev–Trinajstić information content (AvgIpc) is 2.62. The smallest absolute Gasteiger partial charge is 0.0237 e. The molecule has 2 heterocycles. The molecule has 0 radical (unpaired) electrons. The van der Waals surface area contributed by atoms with E-state index in [4.69, 9.17) is 0 Å². The zero-order valence-electron chi connectivity index (χ0n) is 10.2. The van der Waals surface area contributed by atoms with Crippen molar-refractivity contribution in [2.24, 2.45) is 0 Å². The van der Waals surface area contributed by atoms with Gasteiger partial charge in [0, 0.05) is 25.2 Å². The van der Waals surface area contributed by atoms with Gasteiger partial charge >= 0.3 is 0 Å². The molecule has 2 aliphatic rings. The highest BCUT2D eigenvalue weighted by Crippen LogP contribution is 2.29. The van der Waals surface area contributed by atoms with Gasteiger partial charge in [-0.15, -0.1) is 0 Å². The number of rotatable bonds is 4. The van der Waals surface area contributed by atoms with Crippen molar-refractivity contribution in [3.05, 3.63) is 37.0 Å². The van der Waals surface area contributed by atoms with Gasteiger partial charge in [-0.3, -0.25) is 4.90 Å². The van der Waals surface area contributed by atoms with Crippen LogP contribution in [0, 0.1) is 0 Å². The van der Waals surface area contributed by atoms with Gasteiger partial charge in [0.25, 0.3) is 0 Å². The second kappa shape index (κ2) is 4.98. The molecule has 2 nitrogen and oxygen atoms in total. The molecule has 0 aliphatic carbocycles. The van der Waals surface area contributed by atoms with Crippen LogP contribution < -0.4 is 0 Å². The first-order valence-corrected chi connectivity index (χ1v) is 6.13. The second-order valence-electron chi connectivity index (χ2n) is 4.92. The fraction of sp³-hybridized carbons (Fsp3) is 0.571. The molecule has 0 aromatic heterocycles. The van der Waals surface area contributed by atoms with Crippen molar-refractivity contribution in [2.75, 3.05) is 26.7 Å². The molecule has 0 spiro atoms. The normalized spacial score (nSPS) is 31.7. The highest BCUT2D eigenvalue weighted by molar-refractivity contribution is 5.23. The molecule has 2 fully saturated rings. The summed E-state index contributed by atoms with van der Waals surface area (Å²) in [5.41, 5.74) is 1.28. The molecule has 0 amide bonds. The Morgan fingerprint density at radius 1 is 1.38 bits per heavy atom. The highest BCUT2D eigenvalue weighted by atomic mass is 15.3. The van der Waals surface area contributed by atoms with Gasteiger partial charge in [0.15, 0.2) is 0 Å². The van der Waals surface area contributed by atoms with Gasteiger partial charge in [-0.2, -0.15) is 0 Å². The van der Waals surface area contributed by atoms with Gasteiger partial charge in [0.05, 0.1) is 0 Å². The lowest BCUT2D eigenvalue weighted by Gasteiger charge is -2.29.